The predicted octanol–water partition coefficient (Wildman–Crippen LogP) is 2.29. The van der Waals surface area contributed by atoms with Crippen molar-refractivity contribution < 1.29 is 4.74 Å². The third-order valence-corrected chi connectivity index (χ3v) is 4.47. The van der Waals surface area contributed by atoms with Gasteiger partial charge in [0, 0.05) is 24.1 Å². The van der Waals surface area contributed by atoms with E-state index in [0.29, 0.717) is 17.3 Å². The molecule has 7 heteroatoms. The zero-order valence-electron chi connectivity index (χ0n) is 12.1. The minimum atomic E-state index is -0.0905. The van der Waals surface area contributed by atoms with Crippen LogP contribution in [0.4, 0.5) is 0 Å². The van der Waals surface area contributed by atoms with E-state index in [1.54, 1.807) is 17.7 Å². The van der Waals surface area contributed by atoms with Gasteiger partial charge < -0.3 is 4.74 Å². The SMILES string of the molecule is Cn1c(=O)n([C@@H]2CCCOC2)c2c3cc(Cl)ccc3nnc21. The molecule has 1 atom stereocenters. The number of nitrogens with zero attached hydrogens (tertiary/aromatic N) is 4. The van der Waals surface area contributed by atoms with Crippen molar-refractivity contribution >= 4 is 33.7 Å². The Labute approximate surface area is 131 Å². The molecule has 6 nitrogen and oxygen atoms in total. The highest BCUT2D eigenvalue weighted by atomic mass is 35.5. The van der Waals surface area contributed by atoms with Gasteiger partial charge in [-0.2, -0.15) is 0 Å². The molecule has 1 aromatic carbocycles. The van der Waals surface area contributed by atoms with Gasteiger partial charge in [0.05, 0.1) is 18.2 Å². The Hall–Kier alpha value is -1.92. The van der Waals surface area contributed by atoms with Gasteiger partial charge in [0.1, 0.15) is 5.52 Å². The van der Waals surface area contributed by atoms with Crippen LogP contribution in [-0.4, -0.2) is 32.5 Å². The maximum Gasteiger partial charge on any atom is 0.330 e. The van der Waals surface area contributed by atoms with Gasteiger partial charge in [-0.25, -0.2) is 4.79 Å². The highest BCUT2D eigenvalue weighted by Gasteiger charge is 2.24. The largest absolute Gasteiger partial charge is 0.379 e. The molecule has 0 bridgehead atoms. The summed E-state index contributed by atoms with van der Waals surface area (Å²) in [5, 5.41) is 9.88. The molecule has 3 aromatic rings. The molecule has 1 aliphatic heterocycles. The third kappa shape index (κ3) is 1.94. The van der Waals surface area contributed by atoms with Gasteiger partial charge in [0.25, 0.3) is 0 Å². The molecule has 4 rings (SSSR count). The molecule has 1 aliphatic rings. The zero-order valence-corrected chi connectivity index (χ0v) is 12.9. The lowest BCUT2D eigenvalue weighted by Crippen LogP contribution is -2.31. The molecule has 22 heavy (non-hydrogen) atoms. The lowest BCUT2D eigenvalue weighted by Gasteiger charge is -2.23. The summed E-state index contributed by atoms with van der Waals surface area (Å²) >= 11 is 6.14. The number of aromatic nitrogens is 4. The first-order chi connectivity index (χ1) is 10.7. The van der Waals surface area contributed by atoms with E-state index < -0.39 is 0 Å². The van der Waals surface area contributed by atoms with E-state index in [9.17, 15) is 4.79 Å². The fourth-order valence-electron chi connectivity index (χ4n) is 3.13. The normalized spacial score (nSPS) is 19.1. The molecule has 1 fully saturated rings. The first-order valence-corrected chi connectivity index (χ1v) is 7.65. The molecule has 0 N–H and O–H groups in total. The first kappa shape index (κ1) is 13.7. The second-order valence-electron chi connectivity index (χ2n) is 5.62. The van der Waals surface area contributed by atoms with Gasteiger partial charge >= 0.3 is 5.69 Å². The van der Waals surface area contributed by atoms with Gasteiger partial charge in [0.15, 0.2) is 5.65 Å². The number of benzene rings is 1. The van der Waals surface area contributed by atoms with E-state index in [1.165, 1.54) is 4.57 Å². The highest BCUT2D eigenvalue weighted by Crippen LogP contribution is 2.28. The average Bonchev–Trinajstić information content (AvgIpc) is 2.80. The zero-order chi connectivity index (χ0) is 15.3. The number of halogens is 1. The Morgan fingerprint density at radius 2 is 2.23 bits per heavy atom. The van der Waals surface area contributed by atoms with E-state index in [2.05, 4.69) is 10.2 Å². The molecule has 0 aliphatic carbocycles. The summed E-state index contributed by atoms with van der Waals surface area (Å²) in [5.74, 6) is 0. The van der Waals surface area contributed by atoms with Crippen molar-refractivity contribution in [1.29, 1.82) is 0 Å². The van der Waals surface area contributed by atoms with Gasteiger partial charge in [0.2, 0.25) is 0 Å². The van der Waals surface area contributed by atoms with Gasteiger partial charge in [-0.3, -0.25) is 9.13 Å². The molecule has 0 radical (unpaired) electrons. The Kier molecular flexibility index (Phi) is 3.16. The van der Waals surface area contributed by atoms with Crippen molar-refractivity contribution in [3.05, 3.63) is 33.7 Å². The maximum absolute atomic E-state index is 12.7. The topological polar surface area (TPSA) is 61.9 Å². The minimum absolute atomic E-state index is 0.0244. The number of hydrogen-bond acceptors (Lipinski definition) is 4. The molecule has 0 amide bonds. The van der Waals surface area contributed by atoms with Gasteiger partial charge in [-0.05, 0) is 31.0 Å². The van der Waals surface area contributed by atoms with Crippen LogP contribution in [0.5, 0.6) is 0 Å². The van der Waals surface area contributed by atoms with Crippen LogP contribution in [0.2, 0.25) is 5.02 Å². The fourth-order valence-corrected chi connectivity index (χ4v) is 3.30. The van der Waals surface area contributed by atoms with Crippen LogP contribution >= 0.6 is 11.6 Å². The molecule has 3 heterocycles. The Bertz CT molecular complexity index is 925. The highest BCUT2D eigenvalue weighted by molar-refractivity contribution is 6.31. The molecular formula is C15H15ClN4O2. The molecule has 2 aromatic heterocycles. The van der Waals surface area contributed by atoms with Crippen molar-refractivity contribution in [2.75, 3.05) is 13.2 Å². The molecule has 114 valence electrons. The summed E-state index contributed by atoms with van der Waals surface area (Å²) < 4.78 is 8.89. The first-order valence-electron chi connectivity index (χ1n) is 7.27. The van der Waals surface area contributed by atoms with Crippen LogP contribution in [0.3, 0.4) is 0 Å². The van der Waals surface area contributed by atoms with Crippen LogP contribution in [-0.2, 0) is 11.8 Å². The maximum atomic E-state index is 12.7. The summed E-state index contributed by atoms with van der Waals surface area (Å²) in [6.07, 6.45) is 1.87. The van der Waals surface area contributed by atoms with Crippen LogP contribution in [0.25, 0.3) is 22.1 Å². The van der Waals surface area contributed by atoms with E-state index in [4.69, 9.17) is 16.3 Å². The molecule has 0 spiro atoms. The number of imidazole rings is 1. The van der Waals surface area contributed by atoms with E-state index in [1.807, 2.05) is 12.1 Å². The third-order valence-electron chi connectivity index (χ3n) is 4.23. The molecule has 0 saturated carbocycles. The Balaban J connectivity index is 2.11. The number of hydrogen-bond donors (Lipinski definition) is 0. The lowest BCUT2D eigenvalue weighted by molar-refractivity contribution is 0.0593. The number of ether oxygens (including phenoxy) is 1. The number of aryl methyl sites for hydroxylation is 1. The Morgan fingerprint density at radius 3 is 3.00 bits per heavy atom. The summed E-state index contributed by atoms with van der Waals surface area (Å²) in [5.41, 5.74) is 2.00. The van der Waals surface area contributed by atoms with Gasteiger partial charge in [-0.15, -0.1) is 10.2 Å². The van der Waals surface area contributed by atoms with Crippen LogP contribution in [0, 0.1) is 0 Å². The van der Waals surface area contributed by atoms with Crippen molar-refractivity contribution in [3.8, 4) is 0 Å². The summed E-state index contributed by atoms with van der Waals surface area (Å²) in [6.45, 7) is 1.30. The second-order valence-corrected chi connectivity index (χ2v) is 6.05. The van der Waals surface area contributed by atoms with Crippen molar-refractivity contribution in [2.24, 2.45) is 7.05 Å². The van der Waals surface area contributed by atoms with Crippen molar-refractivity contribution in [1.82, 2.24) is 19.3 Å². The minimum Gasteiger partial charge on any atom is -0.379 e. The van der Waals surface area contributed by atoms with Crippen molar-refractivity contribution in [3.63, 3.8) is 0 Å². The monoisotopic (exact) mass is 318 g/mol. The predicted molar refractivity (Wildman–Crippen MR) is 84.4 cm³/mol. The van der Waals surface area contributed by atoms with E-state index in [-0.39, 0.29) is 11.7 Å². The molecule has 0 unspecified atom stereocenters. The van der Waals surface area contributed by atoms with E-state index >= 15 is 0 Å². The van der Waals surface area contributed by atoms with E-state index in [0.717, 1.165) is 35.9 Å². The quantitative estimate of drug-likeness (QED) is 0.690. The van der Waals surface area contributed by atoms with Crippen LogP contribution in [0.15, 0.2) is 23.0 Å². The van der Waals surface area contributed by atoms with Crippen molar-refractivity contribution in [2.45, 2.75) is 18.9 Å². The van der Waals surface area contributed by atoms with Crippen LogP contribution in [0.1, 0.15) is 18.9 Å². The smallest absolute Gasteiger partial charge is 0.330 e. The average molecular weight is 319 g/mol. The molecular weight excluding hydrogens is 304 g/mol. The Morgan fingerprint density at radius 1 is 1.36 bits per heavy atom. The fraction of sp³-hybridized carbons (Fsp3) is 0.400. The summed E-state index contributed by atoms with van der Waals surface area (Å²) in [4.78, 5) is 12.7. The number of fused-ring (bicyclic) bond motifs is 3. The summed E-state index contributed by atoms with van der Waals surface area (Å²) in [6, 6.07) is 5.47. The standard InChI is InChI=1S/C15H15ClN4O2/c1-19-14-13(11-7-9(16)4-5-12(11)17-18-14)20(15(19)21)10-3-2-6-22-8-10/h4-5,7,10H,2-3,6,8H2,1H3/t10-/m1/s1. The second kappa shape index (κ2) is 5.07. The van der Waals surface area contributed by atoms with Crippen LogP contribution < -0.4 is 5.69 Å². The molecule has 1 saturated heterocycles. The lowest BCUT2D eigenvalue weighted by atomic mass is 10.1. The summed E-state index contributed by atoms with van der Waals surface area (Å²) in [7, 11) is 1.72. The number of rotatable bonds is 1. The van der Waals surface area contributed by atoms with Gasteiger partial charge in [-0.1, -0.05) is 11.6 Å².